The third kappa shape index (κ3) is 2.64. The zero-order valence-electron chi connectivity index (χ0n) is 6.08. The van der Waals surface area contributed by atoms with Gasteiger partial charge in [0, 0.05) is 6.61 Å². The number of aliphatic hydroxyl groups excluding tert-OH is 1. The Morgan fingerprint density at radius 2 is 2.40 bits per heavy atom. The van der Waals surface area contributed by atoms with Crippen molar-refractivity contribution in [2.45, 2.75) is 25.6 Å². The lowest BCUT2D eigenvalue weighted by atomic mass is 10.2. The molecule has 0 radical (unpaired) electrons. The van der Waals surface area contributed by atoms with Gasteiger partial charge in [0.05, 0.1) is 13.2 Å². The molecule has 0 aromatic heterocycles. The van der Waals surface area contributed by atoms with E-state index in [9.17, 15) is 0 Å². The molecule has 0 spiro atoms. The van der Waals surface area contributed by atoms with Crippen LogP contribution in [0.25, 0.3) is 0 Å². The number of hydrogen-bond donors (Lipinski definition) is 1. The molecular formula is C7H14O3. The van der Waals surface area contributed by atoms with Gasteiger partial charge in [-0.15, -0.1) is 0 Å². The molecule has 1 atom stereocenters. The zero-order valence-corrected chi connectivity index (χ0v) is 6.08. The summed E-state index contributed by atoms with van der Waals surface area (Å²) < 4.78 is 10.4. The highest BCUT2D eigenvalue weighted by Crippen LogP contribution is 2.12. The molecule has 1 aliphatic rings. The maximum Gasteiger partial charge on any atom is 0.157 e. The van der Waals surface area contributed by atoms with E-state index < -0.39 is 0 Å². The fourth-order valence-electron chi connectivity index (χ4n) is 1.03. The summed E-state index contributed by atoms with van der Waals surface area (Å²) in [5.41, 5.74) is 0. The molecule has 1 aliphatic heterocycles. The summed E-state index contributed by atoms with van der Waals surface area (Å²) in [6.07, 6.45) is 3.23. The van der Waals surface area contributed by atoms with Gasteiger partial charge < -0.3 is 14.6 Å². The van der Waals surface area contributed by atoms with Crippen molar-refractivity contribution in [3.8, 4) is 0 Å². The predicted molar refractivity (Wildman–Crippen MR) is 36.6 cm³/mol. The van der Waals surface area contributed by atoms with Gasteiger partial charge in [-0.25, -0.2) is 0 Å². The first-order chi connectivity index (χ1) is 4.93. The third-order valence-corrected chi connectivity index (χ3v) is 1.53. The zero-order chi connectivity index (χ0) is 7.23. The monoisotopic (exact) mass is 146 g/mol. The molecule has 3 nitrogen and oxygen atoms in total. The number of hydrogen-bond acceptors (Lipinski definition) is 3. The summed E-state index contributed by atoms with van der Waals surface area (Å²) in [4.78, 5) is 0. The Balaban J connectivity index is 2.02. The molecule has 3 heteroatoms. The Bertz CT molecular complexity index is 78.9. The Morgan fingerprint density at radius 3 is 3.00 bits per heavy atom. The molecular weight excluding hydrogens is 132 g/mol. The van der Waals surface area contributed by atoms with E-state index in [2.05, 4.69) is 0 Å². The highest BCUT2D eigenvalue weighted by molar-refractivity contribution is 4.53. The van der Waals surface area contributed by atoms with Gasteiger partial charge in [-0.05, 0) is 19.3 Å². The summed E-state index contributed by atoms with van der Waals surface area (Å²) in [6, 6.07) is 0. The number of rotatable bonds is 3. The molecule has 0 saturated carbocycles. The standard InChI is InChI=1S/C7H14O3/c8-4-6-10-7-3-1-2-5-9-7/h7-8H,1-6H2/t7-/m1/s1. The van der Waals surface area contributed by atoms with Gasteiger partial charge in [0.1, 0.15) is 0 Å². The fourth-order valence-corrected chi connectivity index (χ4v) is 1.03. The SMILES string of the molecule is OCCO[C@@H]1CCCCO1. The van der Waals surface area contributed by atoms with Gasteiger partial charge in [-0.1, -0.05) is 0 Å². The van der Waals surface area contributed by atoms with E-state index in [1.54, 1.807) is 0 Å². The first kappa shape index (κ1) is 7.98. The molecule has 1 heterocycles. The van der Waals surface area contributed by atoms with Crippen LogP contribution >= 0.6 is 0 Å². The summed E-state index contributed by atoms with van der Waals surface area (Å²) in [6.45, 7) is 1.28. The first-order valence-corrected chi connectivity index (χ1v) is 3.77. The summed E-state index contributed by atoms with van der Waals surface area (Å²) in [5.74, 6) is 0. The van der Waals surface area contributed by atoms with E-state index in [0.717, 1.165) is 19.4 Å². The van der Waals surface area contributed by atoms with E-state index in [-0.39, 0.29) is 12.9 Å². The third-order valence-electron chi connectivity index (χ3n) is 1.53. The first-order valence-electron chi connectivity index (χ1n) is 3.77. The van der Waals surface area contributed by atoms with Crippen LogP contribution in [-0.2, 0) is 9.47 Å². The lowest BCUT2D eigenvalue weighted by Gasteiger charge is -2.21. The number of ether oxygens (including phenoxy) is 2. The van der Waals surface area contributed by atoms with Crippen molar-refractivity contribution in [2.75, 3.05) is 19.8 Å². The molecule has 0 unspecified atom stereocenters. The van der Waals surface area contributed by atoms with Crippen LogP contribution in [0.1, 0.15) is 19.3 Å². The second-order valence-corrected chi connectivity index (χ2v) is 2.39. The van der Waals surface area contributed by atoms with Crippen LogP contribution in [0.5, 0.6) is 0 Å². The average molecular weight is 146 g/mol. The van der Waals surface area contributed by atoms with Crippen LogP contribution in [0.4, 0.5) is 0 Å². The van der Waals surface area contributed by atoms with Crippen molar-refractivity contribution in [3.63, 3.8) is 0 Å². The summed E-state index contributed by atoms with van der Waals surface area (Å²) in [5, 5.41) is 8.42. The van der Waals surface area contributed by atoms with Crippen molar-refractivity contribution >= 4 is 0 Å². The second-order valence-electron chi connectivity index (χ2n) is 2.39. The van der Waals surface area contributed by atoms with Crippen molar-refractivity contribution in [1.82, 2.24) is 0 Å². The van der Waals surface area contributed by atoms with Crippen molar-refractivity contribution in [3.05, 3.63) is 0 Å². The van der Waals surface area contributed by atoms with E-state index >= 15 is 0 Å². The smallest absolute Gasteiger partial charge is 0.157 e. The topological polar surface area (TPSA) is 38.7 Å². The summed E-state index contributed by atoms with van der Waals surface area (Å²) in [7, 11) is 0. The van der Waals surface area contributed by atoms with Crippen molar-refractivity contribution < 1.29 is 14.6 Å². The van der Waals surface area contributed by atoms with Crippen LogP contribution in [0.2, 0.25) is 0 Å². The Morgan fingerprint density at radius 1 is 1.50 bits per heavy atom. The van der Waals surface area contributed by atoms with Gasteiger partial charge in [0.25, 0.3) is 0 Å². The summed E-state index contributed by atoms with van der Waals surface area (Å²) >= 11 is 0. The van der Waals surface area contributed by atoms with Crippen LogP contribution in [-0.4, -0.2) is 31.2 Å². The molecule has 10 heavy (non-hydrogen) atoms. The number of aliphatic hydroxyl groups is 1. The molecule has 0 aromatic carbocycles. The maximum absolute atomic E-state index is 8.42. The van der Waals surface area contributed by atoms with E-state index in [1.807, 2.05) is 0 Å². The van der Waals surface area contributed by atoms with E-state index in [1.165, 1.54) is 6.42 Å². The Hall–Kier alpha value is -0.120. The lowest BCUT2D eigenvalue weighted by Crippen LogP contribution is -2.23. The Labute approximate surface area is 60.9 Å². The molecule has 60 valence electrons. The average Bonchev–Trinajstić information content (AvgIpc) is 2.03. The van der Waals surface area contributed by atoms with Gasteiger partial charge in [0.2, 0.25) is 0 Å². The second kappa shape index (κ2) is 4.66. The highest BCUT2D eigenvalue weighted by atomic mass is 16.7. The van der Waals surface area contributed by atoms with Crippen LogP contribution < -0.4 is 0 Å². The predicted octanol–water partition coefficient (Wildman–Crippen LogP) is 0.522. The van der Waals surface area contributed by atoms with Crippen LogP contribution in [0.15, 0.2) is 0 Å². The lowest BCUT2D eigenvalue weighted by molar-refractivity contribution is -0.166. The van der Waals surface area contributed by atoms with Gasteiger partial charge in [-0.2, -0.15) is 0 Å². The molecule has 1 N–H and O–H groups in total. The molecule has 1 rings (SSSR count). The van der Waals surface area contributed by atoms with Gasteiger partial charge in [0.15, 0.2) is 6.29 Å². The van der Waals surface area contributed by atoms with E-state index in [4.69, 9.17) is 14.6 Å². The normalized spacial score (nSPS) is 26.7. The van der Waals surface area contributed by atoms with Crippen molar-refractivity contribution in [1.29, 1.82) is 0 Å². The van der Waals surface area contributed by atoms with Crippen molar-refractivity contribution in [2.24, 2.45) is 0 Å². The fraction of sp³-hybridized carbons (Fsp3) is 1.00. The quantitative estimate of drug-likeness (QED) is 0.631. The van der Waals surface area contributed by atoms with Crippen LogP contribution in [0, 0.1) is 0 Å². The molecule has 0 amide bonds. The van der Waals surface area contributed by atoms with Crippen LogP contribution in [0.3, 0.4) is 0 Å². The molecule has 1 saturated heterocycles. The molecule has 0 bridgehead atoms. The maximum atomic E-state index is 8.42. The minimum Gasteiger partial charge on any atom is -0.394 e. The highest BCUT2D eigenvalue weighted by Gasteiger charge is 2.12. The minimum absolute atomic E-state index is 0.0547. The molecule has 0 aliphatic carbocycles. The largest absolute Gasteiger partial charge is 0.394 e. The van der Waals surface area contributed by atoms with Gasteiger partial charge >= 0.3 is 0 Å². The Kier molecular flexibility index (Phi) is 3.72. The van der Waals surface area contributed by atoms with E-state index in [0.29, 0.717) is 6.61 Å². The molecule has 1 fully saturated rings. The minimum atomic E-state index is -0.0547. The molecule has 0 aromatic rings. The van der Waals surface area contributed by atoms with Gasteiger partial charge in [-0.3, -0.25) is 0 Å².